The van der Waals surface area contributed by atoms with Gasteiger partial charge < -0.3 is 0 Å². The molecule has 2 aliphatic rings. The van der Waals surface area contributed by atoms with Crippen molar-refractivity contribution in [2.75, 3.05) is 0 Å². The molecule has 0 amide bonds. The van der Waals surface area contributed by atoms with E-state index in [0.29, 0.717) is 5.41 Å². The minimum Gasteiger partial charge on any atom is -0.0654 e. The summed E-state index contributed by atoms with van der Waals surface area (Å²) in [5.41, 5.74) is 8.01. The van der Waals surface area contributed by atoms with Gasteiger partial charge in [0.25, 0.3) is 0 Å². The largest absolute Gasteiger partial charge is 0.0654 e. The molecular formula is C32H38. The molecule has 0 heterocycles. The summed E-state index contributed by atoms with van der Waals surface area (Å²) in [6, 6.07) is 22.5. The SMILES string of the molecule is CCCC1(CC2=Cc3c(cccc3-c3cccc4ccccc34)C2)CCCCCCCC1. The second-order valence-corrected chi connectivity index (χ2v) is 10.4. The Morgan fingerprint density at radius 3 is 2.22 bits per heavy atom. The number of hydrogen-bond donors (Lipinski definition) is 0. The number of benzene rings is 3. The molecule has 0 bridgehead atoms. The van der Waals surface area contributed by atoms with Crippen LogP contribution in [0.15, 0.2) is 66.2 Å². The van der Waals surface area contributed by atoms with Gasteiger partial charge in [-0.2, -0.15) is 0 Å². The third-order valence-electron chi connectivity index (χ3n) is 8.09. The normalized spacial score (nSPS) is 18.5. The number of fused-ring (bicyclic) bond motifs is 2. The van der Waals surface area contributed by atoms with Crippen molar-refractivity contribution < 1.29 is 0 Å². The fourth-order valence-electron chi connectivity index (χ4n) is 6.61. The lowest BCUT2D eigenvalue weighted by molar-refractivity contribution is 0.203. The summed E-state index contributed by atoms with van der Waals surface area (Å²) < 4.78 is 0. The Morgan fingerprint density at radius 2 is 1.41 bits per heavy atom. The maximum atomic E-state index is 2.58. The predicted octanol–water partition coefficient (Wildman–Crippen LogP) is 9.76. The Balaban J connectivity index is 1.48. The first kappa shape index (κ1) is 21.5. The minimum absolute atomic E-state index is 0.534. The zero-order chi connectivity index (χ0) is 21.8. The van der Waals surface area contributed by atoms with E-state index in [1.807, 2.05) is 0 Å². The van der Waals surface area contributed by atoms with Gasteiger partial charge in [-0.15, -0.1) is 0 Å². The van der Waals surface area contributed by atoms with E-state index in [1.54, 1.807) is 5.57 Å². The van der Waals surface area contributed by atoms with Gasteiger partial charge in [0.2, 0.25) is 0 Å². The van der Waals surface area contributed by atoms with E-state index in [-0.39, 0.29) is 0 Å². The predicted molar refractivity (Wildman–Crippen MR) is 140 cm³/mol. The van der Waals surface area contributed by atoms with Gasteiger partial charge in [0.05, 0.1) is 0 Å². The van der Waals surface area contributed by atoms with E-state index < -0.39 is 0 Å². The Morgan fingerprint density at radius 1 is 0.719 bits per heavy atom. The van der Waals surface area contributed by atoms with E-state index in [1.165, 1.54) is 104 Å². The Labute approximate surface area is 194 Å². The first-order chi connectivity index (χ1) is 15.8. The van der Waals surface area contributed by atoms with Gasteiger partial charge in [-0.05, 0) is 70.5 Å². The first-order valence-corrected chi connectivity index (χ1v) is 13.1. The molecule has 0 aliphatic heterocycles. The van der Waals surface area contributed by atoms with E-state index in [2.05, 4.69) is 73.7 Å². The first-order valence-electron chi connectivity index (χ1n) is 13.1. The molecule has 0 saturated heterocycles. The van der Waals surface area contributed by atoms with Crippen LogP contribution in [0.25, 0.3) is 28.0 Å². The fraction of sp³-hybridized carbons (Fsp3) is 0.438. The highest BCUT2D eigenvalue weighted by Crippen LogP contribution is 2.46. The maximum absolute atomic E-state index is 2.58. The highest BCUT2D eigenvalue weighted by molar-refractivity contribution is 5.99. The molecule has 0 heteroatoms. The third-order valence-corrected chi connectivity index (χ3v) is 8.09. The van der Waals surface area contributed by atoms with Crippen LogP contribution in [-0.4, -0.2) is 0 Å². The van der Waals surface area contributed by atoms with Gasteiger partial charge in [0.15, 0.2) is 0 Å². The number of hydrogen-bond acceptors (Lipinski definition) is 0. The van der Waals surface area contributed by atoms with Crippen LogP contribution in [0.3, 0.4) is 0 Å². The average Bonchev–Trinajstić information content (AvgIpc) is 3.26. The van der Waals surface area contributed by atoms with Crippen LogP contribution in [0.5, 0.6) is 0 Å². The van der Waals surface area contributed by atoms with Crippen LogP contribution in [0.4, 0.5) is 0 Å². The van der Waals surface area contributed by atoms with E-state index in [0.717, 1.165) is 6.42 Å². The van der Waals surface area contributed by atoms with Gasteiger partial charge in [-0.1, -0.05) is 124 Å². The molecule has 3 aromatic carbocycles. The van der Waals surface area contributed by atoms with E-state index in [9.17, 15) is 0 Å². The average molecular weight is 423 g/mol. The molecule has 32 heavy (non-hydrogen) atoms. The molecule has 0 unspecified atom stereocenters. The second kappa shape index (κ2) is 9.65. The zero-order valence-corrected chi connectivity index (χ0v) is 19.8. The molecule has 0 spiro atoms. The number of allylic oxidation sites excluding steroid dienone is 1. The molecule has 2 aliphatic carbocycles. The van der Waals surface area contributed by atoms with Crippen molar-refractivity contribution >= 4 is 16.8 Å². The molecule has 3 aromatic rings. The number of rotatable bonds is 5. The summed E-state index contributed by atoms with van der Waals surface area (Å²) in [5.74, 6) is 0. The van der Waals surface area contributed by atoms with Crippen LogP contribution >= 0.6 is 0 Å². The van der Waals surface area contributed by atoms with Crippen molar-refractivity contribution in [2.24, 2.45) is 5.41 Å². The lowest BCUT2D eigenvalue weighted by Crippen LogP contribution is -2.22. The van der Waals surface area contributed by atoms with Gasteiger partial charge in [-0.3, -0.25) is 0 Å². The van der Waals surface area contributed by atoms with Crippen LogP contribution in [0.2, 0.25) is 0 Å². The molecule has 0 aromatic heterocycles. The molecular weight excluding hydrogens is 384 g/mol. The van der Waals surface area contributed by atoms with Crippen molar-refractivity contribution in [3.8, 4) is 11.1 Å². The summed E-state index contributed by atoms with van der Waals surface area (Å²) in [7, 11) is 0. The van der Waals surface area contributed by atoms with Crippen LogP contribution in [-0.2, 0) is 6.42 Å². The molecule has 0 radical (unpaired) electrons. The molecule has 0 nitrogen and oxygen atoms in total. The lowest BCUT2D eigenvalue weighted by atomic mass is 9.70. The molecule has 0 N–H and O–H groups in total. The van der Waals surface area contributed by atoms with Crippen molar-refractivity contribution in [2.45, 2.75) is 84.0 Å². The van der Waals surface area contributed by atoms with Crippen molar-refractivity contribution in [3.05, 3.63) is 77.4 Å². The van der Waals surface area contributed by atoms with Crippen molar-refractivity contribution in [3.63, 3.8) is 0 Å². The molecule has 166 valence electrons. The van der Waals surface area contributed by atoms with E-state index in [4.69, 9.17) is 0 Å². The summed E-state index contributed by atoms with van der Waals surface area (Å²) in [6.07, 6.45) is 19.3. The van der Waals surface area contributed by atoms with Crippen LogP contribution in [0.1, 0.15) is 88.7 Å². The smallest absolute Gasteiger partial charge is 0.00574 e. The van der Waals surface area contributed by atoms with Gasteiger partial charge in [-0.25, -0.2) is 0 Å². The summed E-state index contributed by atoms with van der Waals surface area (Å²) in [5, 5.41) is 2.70. The van der Waals surface area contributed by atoms with Crippen molar-refractivity contribution in [1.82, 2.24) is 0 Å². The van der Waals surface area contributed by atoms with Crippen LogP contribution < -0.4 is 0 Å². The lowest BCUT2D eigenvalue weighted by Gasteiger charge is -2.34. The minimum atomic E-state index is 0.534. The summed E-state index contributed by atoms with van der Waals surface area (Å²) >= 11 is 0. The molecule has 1 fully saturated rings. The van der Waals surface area contributed by atoms with Crippen molar-refractivity contribution in [1.29, 1.82) is 0 Å². The standard InChI is InChI=1S/C32H38/c1-2-19-32(20-9-5-3-4-6-10-21-32)24-25-22-27-15-12-18-30(31(27)23-25)29-17-11-14-26-13-7-8-16-28(26)29/h7-8,11-18,23H,2-6,9-10,19-22,24H2,1H3. The Kier molecular flexibility index (Phi) is 6.49. The molecule has 0 atom stereocenters. The van der Waals surface area contributed by atoms with Gasteiger partial charge >= 0.3 is 0 Å². The zero-order valence-electron chi connectivity index (χ0n) is 19.8. The summed E-state index contributed by atoms with van der Waals surface area (Å²) in [4.78, 5) is 0. The third kappa shape index (κ3) is 4.42. The van der Waals surface area contributed by atoms with E-state index >= 15 is 0 Å². The highest BCUT2D eigenvalue weighted by Gasteiger charge is 2.31. The molecule has 1 saturated carbocycles. The Hall–Kier alpha value is -2.34. The molecule has 5 rings (SSSR count). The maximum Gasteiger partial charge on any atom is -0.00574 e. The van der Waals surface area contributed by atoms with Gasteiger partial charge in [0.1, 0.15) is 0 Å². The van der Waals surface area contributed by atoms with Gasteiger partial charge in [0, 0.05) is 0 Å². The second-order valence-electron chi connectivity index (χ2n) is 10.4. The fourth-order valence-corrected chi connectivity index (χ4v) is 6.61. The quantitative estimate of drug-likeness (QED) is 0.384. The summed E-state index contributed by atoms with van der Waals surface area (Å²) in [6.45, 7) is 2.39. The monoisotopic (exact) mass is 422 g/mol. The topological polar surface area (TPSA) is 0 Å². The van der Waals surface area contributed by atoms with Crippen LogP contribution in [0, 0.1) is 5.41 Å². The highest BCUT2D eigenvalue weighted by atomic mass is 14.4. The Bertz CT molecular complexity index is 1080.